The van der Waals surface area contributed by atoms with Gasteiger partial charge in [-0.3, -0.25) is 14.4 Å². The number of hydroxylamine groups is 1. The minimum Gasteiger partial charge on any atom is -0.273 e. The van der Waals surface area contributed by atoms with Crippen LogP contribution >= 0.6 is 11.6 Å². The second-order valence-corrected chi connectivity index (χ2v) is 7.76. The number of hydrogen-bond acceptors (Lipinski definition) is 4. The van der Waals surface area contributed by atoms with Crippen LogP contribution in [0.5, 0.6) is 0 Å². The number of carbonyl (C=O) groups is 2. The lowest BCUT2D eigenvalue weighted by molar-refractivity contribution is -0.126. The van der Waals surface area contributed by atoms with Gasteiger partial charge >= 0.3 is 0 Å². The van der Waals surface area contributed by atoms with Crippen molar-refractivity contribution in [2.45, 2.75) is 12.1 Å². The molecule has 2 amide bonds. The molecule has 2 aliphatic heterocycles. The Bertz CT molecular complexity index is 1170. The predicted molar refractivity (Wildman–Crippen MR) is 110 cm³/mol. The van der Waals surface area contributed by atoms with E-state index in [2.05, 4.69) is 0 Å². The smallest absolute Gasteiger partial charge is 0.266 e. The number of nitrogens with zero attached hydrogens (tertiary/aromatic N) is 2. The Kier molecular flexibility index (Phi) is 4.72. The van der Waals surface area contributed by atoms with Crippen molar-refractivity contribution in [1.29, 1.82) is 0 Å². The second kappa shape index (κ2) is 7.44. The number of carbonyl (C=O) groups excluding carboxylic acids is 2. The third kappa shape index (κ3) is 3.17. The Labute approximate surface area is 181 Å². The van der Waals surface area contributed by atoms with Crippen LogP contribution in [0.15, 0.2) is 72.8 Å². The van der Waals surface area contributed by atoms with Crippen molar-refractivity contribution in [2.75, 3.05) is 9.96 Å². The molecule has 31 heavy (non-hydrogen) atoms. The second-order valence-electron chi connectivity index (χ2n) is 7.32. The van der Waals surface area contributed by atoms with Gasteiger partial charge in [0.25, 0.3) is 5.91 Å². The van der Waals surface area contributed by atoms with Crippen LogP contribution in [0.4, 0.5) is 20.2 Å². The van der Waals surface area contributed by atoms with Gasteiger partial charge in [0, 0.05) is 5.02 Å². The Balaban J connectivity index is 1.60. The predicted octanol–water partition coefficient (Wildman–Crippen LogP) is 4.67. The largest absolute Gasteiger partial charge is 0.273 e. The maximum Gasteiger partial charge on any atom is 0.266 e. The van der Waals surface area contributed by atoms with Crippen molar-refractivity contribution in [3.8, 4) is 0 Å². The molecule has 8 heteroatoms. The zero-order chi connectivity index (χ0) is 21.7. The monoisotopic (exact) mass is 440 g/mol. The van der Waals surface area contributed by atoms with E-state index in [-0.39, 0.29) is 0 Å². The average Bonchev–Trinajstić information content (AvgIpc) is 3.28. The van der Waals surface area contributed by atoms with E-state index in [4.69, 9.17) is 16.4 Å². The highest BCUT2D eigenvalue weighted by atomic mass is 35.5. The molecule has 3 atom stereocenters. The van der Waals surface area contributed by atoms with E-state index in [1.54, 1.807) is 48.5 Å². The lowest BCUT2D eigenvalue weighted by Crippen LogP contribution is -2.37. The summed E-state index contributed by atoms with van der Waals surface area (Å²) in [7, 11) is 0. The fourth-order valence-electron chi connectivity index (χ4n) is 4.09. The van der Waals surface area contributed by atoms with Crippen LogP contribution < -0.4 is 9.96 Å². The van der Waals surface area contributed by atoms with E-state index in [0.717, 1.165) is 17.0 Å². The highest BCUT2D eigenvalue weighted by Crippen LogP contribution is 2.47. The minimum absolute atomic E-state index is 0.328. The first-order chi connectivity index (χ1) is 15.0. The minimum atomic E-state index is -1.10. The quantitative estimate of drug-likeness (QED) is 0.555. The average molecular weight is 441 g/mol. The van der Waals surface area contributed by atoms with Crippen LogP contribution in [-0.2, 0) is 14.4 Å². The molecule has 2 aliphatic rings. The van der Waals surface area contributed by atoms with Crippen molar-refractivity contribution < 1.29 is 23.2 Å². The molecular formula is C23H15ClF2N2O3. The number of imide groups is 1. The molecule has 156 valence electrons. The topological polar surface area (TPSA) is 49.9 Å². The molecule has 0 N–H and O–H groups in total. The van der Waals surface area contributed by atoms with Crippen LogP contribution in [0.3, 0.4) is 0 Å². The summed E-state index contributed by atoms with van der Waals surface area (Å²) in [6.45, 7) is 0. The first-order valence-electron chi connectivity index (χ1n) is 9.55. The third-order valence-corrected chi connectivity index (χ3v) is 5.75. The van der Waals surface area contributed by atoms with Crippen LogP contribution in [0, 0.1) is 17.6 Å². The van der Waals surface area contributed by atoms with Crippen LogP contribution in [0.25, 0.3) is 0 Å². The Morgan fingerprint density at radius 3 is 2.19 bits per heavy atom. The number of anilines is 2. The molecular weight excluding hydrogens is 426 g/mol. The van der Waals surface area contributed by atoms with Gasteiger partial charge in [-0.25, -0.2) is 18.7 Å². The molecule has 0 aromatic heterocycles. The van der Waals surface area contributed by atoms with Crippen molar-refractivity contribution in [2.24, 2.45) is 5.92 Å². The van der Waals surface area contributed by atoms with Crippen molar-refractivity contribution >= 4 is 34.8 Å². The molecule has 2 saturated heterocycles. The molecule has 0 aliphatic carbocycles. The van der Waals surface area contributed by atoms with Gasteiger partial charge in [-0.1, -0.05) is 35.9 Å². The zero-order valence-corrected chi connectivity index (χ0v) is 16.7. The molecule has 2 fully saturated rings. The van der Waals surface area contributed by atoms with E-state index >= 15 is 0 Å². The first-order valence-corrected chi connectivity index (χ1v) is 9.93. The number of benzene rings is 3. The molecule has 5 nitrogen and oxygen atoms in total. The van der Waals surface area contributed by atoms with Crippen LogP contribution in [-0.4, -0.2) is 17.9 Å². The first kappa shape index (κ1) is 19.7. The Hall–Kier alpha value is -3.29. The number of amides is 2. The lowest BCUT2D eigenvalue weighted by Gasteiger charge is -2.28. The molecule has 0 bridgehead atoms. The maximum absolute atomic E-state index is 14.1. The SMILES string of the molecule is O=C1[C@H]2[C@H](ON(c3ccccc3)[C@H]2c2ccc(F)c(F)c2)C(=O)N1c1ccc(Cl)cc1. The van der Waals surface area contributed by atoms with Gasteiger partial charge in [0.05, 0.1) is 17.4 Å². The van der Waals surface area contributed by atoms with Crippen LogP contribution in [0.1, 0.15) is 11.6 Å². The van der Waals surface area contributed by atoms with Gasteiger partial charge in [-0.05, 0) is 54.1 Å². The number of para-hydroxylation sites is 1. The summed E-state index contributed by atoms with van der Waals surface area (Å²) in [4.78, 5) is 33.5. The molecule has 2 heterocycles. The van der Waals surface area contributed by atoms with Gasteiger partial charge < -0.3 is 0 Å². The van der Waals surface area contributed by atoms with E-state index < -0.39 is 41.5 Å². The van der Waals surface area contributed by atoms with Gasteiger partial charge in [0.15, 0.2) is 17.7 Å². The summed E-state index contributed by atoms with van der Waals surface area (Å²) < 4.78 is 27.6. The maximum atomic E-state index is 14.1. The van der Waals surface area contributed by atoms with Crippen molar-refractivity contribution in [1.82, 2.24) is 0 Å². The fourth-order valence-corrected chi connectivity index (χ4v) is 4.22. The number of rotatable bonds is 3. The van der Waals surface area contributed by atoms with Crippen molar-refractivity contribution in [3.05, 3.63) is 95.0 Å². The number of hydrogen-bond donors (Lipinski definition) is 0. The summed E-state index contributed by atoms with van der Waals surface area (Å²) in [5.41, 5.74) is 1.28. The highest BCUT2D eigenvalue weighted by molar-refractivity contribution is 6.31. The molecule has 5 rings (SSSR count). The standard InChI is InChI=1S/C23H15ClF2N2O3/c24-14-7-9-15(10-8-14)27-22(29)19-20(13-6-11-17(25)18(26)12-13)28(31-21(19)23(27)30)16-4-2-1-3-5-16/h1-12,19-21H/t19-,20+,21+/m1/s1. The van der Waals surface area contributed by atoms with E-state index in [1.165, 1.54) is 11.1 Å². The van der Waals surface area contributed by atoms with Gasteiger partial charge in [-0.2, -0.15) is 0 Å². The zero-order valence-electron chi connectivity index (χ0n) is 15.9. The summed E-state index contributed by atoms with van der Waals surface area (Å²) >= 11 is 5.92. The summed E-state index contributed by atoms with van der Waals surface area (Å²) in [6.07, 6.45) is -1.10. The van der Waals surface area contributed by atoms with Gasteiger partial charge in [0.1, 0.15) is 5.92 Å². The van der Waals surface area contributed by atoms with Gasteiger partial charge in [-0.15, -0.1) is 0 Å². The van der Waals surface area contributed by atoms with Crippen molar-refractivity contribution in [3.63, 3.8) is 0 Å². The fraction of sp³-hybridized carbons (Fsp3) is 0.130. The molecule has 3 aromatic carbocycles. The number of halogens is 3. The lowest BCUT2D eigenvalue weighted by atomic mass is 9.90. The van der Waals surface area contributed by atoms with E-state index in [1.807, 2.05) is 6.07 Å². The Morgan fingerprint density at radius 2 is 1.52 bits per heavy atom. The molecule has 0 radical (unpaired) electrons. The third-order valence-electron chi connectivity index (χ3n) is 5.50. The van der Waals surface area contributed by atoms with Crippen LogP contribution in [0.2, 0.25) is 5.02 Å². The van der Waals surface area contributed by atoms with Gasteiger partial charge in [0.2, 0.25) is 5.91 Å². The molecule has 3 aromatic rings. The normalized spacial score (nSPS) is 22.9. The van der Waals surface area contributed by atoms with E-state index in [9.17, 15) is 18.4 Å². The summed E-state index contributed by atoms with van der Waals surface area (Å²) in [5.74, 6) is -3.98. The summed E-state index contributed by atoms with van der Waals surface area (Å²) in [5, 5.41) is 1.89. The molecule has 0 saturated carbocycles. The molecule has 0 spiro atoms. The summed E-state index contributed by atoms with van der Waals surface area (Å²) in [6, 6.07) is 17.8. The number of fused-ring (bicyclic) bond motifs is 1. The molecule has 0 unspecified atom stereocenters. The van der Waals surface area contributed by atoms with E-state index in [0.29, 0.717) is 22.0 Å². The highest BCUT2D eigenvalue weighted by Gasteiger charge is 2.60. The Morgan fingerprint density at radius 1 is 0.806 bits per heavy atom.